The molecule has 0 saturated carbocycles. The molecule has 1 fully saturated rings. The van der Waals surface area contributed by atoms with Crippen molar-refractivity contribution in [2.45, 2.75) is 38.5 Å². The Morgan fingerprint density at radius 1 is 1.12 bits per heavy atom. The number of aromatic nitrogens is 2. The molecule has 1 saturated heterocycles. The quantitative estimate of drug-likeness (QED) is 0.867. The van der Waals surface area contributed by atoms with Crippen molar-refractivity contribution in [3.8, 4) is 0 Å². The van der Waals surface area contributed by atoms with Crippen LogP contribution in [0.3, 0.4) is 0 Å². The van der Waals surface area contributed by atoms with Crippen LogP contribution in [0.15, 0.2) is 36.8 Å². The van der Waals surface area contributed by atoms with Crippen LogP contribution in [0.2, 0.25) is 0 Å². The monoisotopic (exact) mass is 354 g/mol. The Morgan fingerprint density at radius 2 is 1.85 bits per heavy atom. The molecule has 1 aliphatic rings. The largest absolute Gasteiger partial charge is 0.343 e. The Balaban J connectivity index is 1.45. The number of carbonyl (C=O) groups is 2. The second-order valence-corrected chi connectivity index (χ2v) is 6.84. The first-order chi connectivity index (χ1) is 12.6. The number of nitrogens with one attached hydrogen (secondary N) is 1. The molecule has 1 N–H and O–H groups in total. The van der Waals surface area contributed by atoms with Crippen molar-refractivity contribution in [2.75, 3.05) is 18.4 Å². The van der Waals surface area contributed by atoms with E-state index in [-0.39, 0.29) is 11.8 Å². The van der Waals surface area contributed by atoms with Crippen LogP contribution in [-0.4, -0.2) is 39.4 Å². The summed E-state index contributed by atoms with van der Waals surface area (Å²) in [5, 5.41) is 2.87. The second-order valence-electron chi connectivity index (χ2n) is 6.84. The van der Waals surface area contributed by atoms with Gasteiger partial charge in [0, 0.05) is 32.2 Å². The zero-order valence-corrected chi connectivity index (χ0v) is 15.3. The van der Waals surface area contributed by atoms with Gasteiger partial charge in [0.1, 0.15) is 5.69 Å². The van der Waals surface area contributed by atoms with E-state index < -0.39 is 0 Å². The lowest BCUT2D eigenvalue weighted by atomic mass is 10.1. The first kappa shape index (κ1) is 18.2. The third-order valence-electron chi connectivity index (χ3n) is 4.83. The van der Waals surface area contributed by atoms with Gasteiger partial charge in [-0.25, -0.2) is 4.98 Å². The maximum absolute atomic E-state index is 12.2. The summed E-state index contributed by atoms with van der Waals surface area (Å²) in [4.78, 5) is 30.3. The van der Waals surface area contributed by atoms with Gasteiger partial charge in [0.2, 0.25) is 5.91 Å². The molecule has 1 aliphatic heterocycles. The molecule has 2 aromatic rings. The standard InChI is InChI=1S/C20H26N4O2/c1-23-15-21-14-18(23)20(26)22-17-10-8-16(9-11-17)6-5-7-19(25)24-12-3-2-4-13-24/h8-11,14-15H,2-7,12-13H2,1H3,(H,22,26). The summed E-state index contributed by atoms with van der Waals surface area (Å²) in [5.41, 5.74) is 2.45. The number of hydrogen-bond acceptors (Lipinski definition) is 3. The molecule has 6 nitrogen and oxygen atoms in total. The zero-order valence-electron chi connectivity index (χ0n) is 15.3. The minimum absolute atomic E-state index is 0.176. The molecule has 1 aromatic carbocycles. The molecule has 0 unspecified atom stereocenters. The number of hydrogen-bond donors (Lipinski definition) is 1. The van der Waals surface area contributed by atoms with Crippen molar-refractivity contribution in [3.05, 3.63) is 48.0 Å². The normalized spacial score (nSPS) is 14.3. The van der Waals surface area contributed by atoms with Gasteiger partial charge in [-0.15, -0.1) is 0 Å². The van der Waals surface area contributed by atoms with E-state index in [0.29, 0.717) is 12.1 Å². The van der Waals surface area contributed by atoms with Crippen LogP contribution in [0.1, 0.15) is 48.2 Å². The molecule has 0 aliphatic carbocycles. The number of piperidine rings is 1. The maximum atomic E-state index is 12.2. The van der Waals surface area contributed by atoms with Gasteiger partial charge in [-0.05, 0) is 49.8 Å². The Labute approximate surface area is 154 Å². The fourth-order valence-corrected chi connectivity index (χ4v) is 3.27. The summed E-state index contributed by atoms with van der Waals surface area (Å²) >= 11 is 0. The molecule has 6 heteroatoms. The molecule has 0 spiro atoms. The number of anilines is 1. The van der Waals surface area contributed by atoms with Gasteiger partial charge in [0.15, 0.2) is 0 Å². The summed E-state index contributed by atoms with van der Waals surface area (Å²) in [6.45, 7) is 1.84. The minimum atomic E-state index is -0.176. The number of amides is 2. The van der Waals surface area contributed by atoms with Crippen molar-refractivity contribution in [1.29, 1.82) is 0 Å². The van der Waals surface area contributed by atoms with Crippen molar-refractivity contribution in [3.63, 3.8) is 0 Å². The number of aryl methyl sites for hydroxylation is 2. The SMILES string of the molecule is Cn1cncc1C(=O)Nc1ccc(CCCC(=O)N2CCCCC2)cc1. The highest BCUT2D eigenvalue weighted by atomic mass is 16.2. The van der Waals surface area contributed by atoms with Crippen molar-refractivity contribution in [1.82, 2.24) is 14.5 Å². The molecule has 0 atom stereocenters. The van der Waals surface area contributed by atoms with E-state index >= 15 is 0 Å². The first-order valence-electron chi connectivity index (χ1n) is 9.28. The number of nitrogens with zero attached hydrogens (tertiary/aromatic N) is 3. The van der Waals surface area contributed by atoms with E-state index in [0.717, 1.165) is 44.5 Å². The molecule has 138 valence electrons. The zero-order chi connectivity index (χ0) is 18.4. The fourth-order valence-electron chi connectivity index (χ4n) is 3.27. The van der Waals surface area contributed by atoms with Crippen LogP contribution < -0.4 is 5.32 Å². The topological polar surface area (TPSA) is 67.2 Å². The third kappa shape index (κ3) is 4.71. The Hall–Kier alpha value is -2.63. The van der Waals surface area contributed by atoms with Crippen LogP contribution in [-0.2, 0) is 18.3 Å². The van der Waals surface area contributed by atoms with Gasteiger partial charge in [0.05, 0.1) is 12.5 Å². The lowest BCUT2D eigenvalue weighted by Gasteiger charge is -2.26. The molecule has 0 radical (unpaired) electrons. The first-order valence-corrected chi connectivity index (χ1v) is 9.28. The highest BCUT2D eigenvalue weighted by Crippen LogP contribution is 2.15. The van der Waals surface area contributed by atoms with E-state index in [1.54, 1.807) is 24.1 Å². The van der Waals surface area contributed by atoms with E-state index in [1.807, 2.05) is 29.2 Å². The Morgan fingerprint density at radius 3 is 2.50 bits per heavy atom. The number of carbonyl (C=O) groups excluding carboxylic acids is 2. The molecule has 0 bridgehead atoms. The van der Waals surface area contributed by atoms with E-state index in [9.17, 15) is 9.59 Å². The van der Waals surface area contributed by atoms with Crippen LogP contribution in [0, 0.1) is 0 Å². The molecule has 2 amide bonds. The summed E-state index contributed by atoms with van der Waals surface area (Å²) < 4.78 is 1.68. The van der Waals surface area contributed by atoms with E-state index in [2.05, 4.69) is 10.3 Å². The van der Waals surface area contributed by atoms with E-state index in [1.165, 1.54) is 12.0 Å². The van der Waals surface area contributed by atoms with Crippen LogP contribution >= 0.6 is 0 Å². The molecule has 2 heterocycles. The summed E-state index contributed by atoms with van der Waals surface area (Å²) in [6.07, 6.45) is 9.00. The van der Waals surface area contributed by atoms with Gasteiger partial charge >= 0.3 is 0 Å². The van der Waals surface area contributed by atoms with Crippen molar-refractivity contribution >= 4 is 17.5 Å². The van der Waals surface area contributed by atoms with Gasteiger partial charge < -0.3 is 14.8 Å². The summed E-state index contributed by atoms with van der Waals surface area (Å²) in [5.74, 6) is 0.106. The minimum Gasteiger partial charge on any atom is -0.343 e. The van der Waals surface area contributed by atoms with Crippen LogP contribution in [0.4, 0.5) is 5.69 Å². The molecule has 1 aromatic heterocycles. The second kappa shape index (κ2) is 8.65. The Bertz CT molecular complexity index is 745. The van der Waals surface area contributed by atoms with E-state index in [4.69, 9.17) is 0 Å². The van der Waals surface area contributed by atoms with Gasteiger partial charge in [-0.3, -0.25) is 9.59 Å². The average Bonchev–Trinajstić information content (AvgIpc) is 3.10. The fraction of sp³-hybridized carbons (Fsp3) is 0.450. The van der Waals surface area contributed by atoms with Crippen molar-refractivity contribution < 1.29 is 9.59 Å². The number of likely N-dealkylation sites (tertiary alicyclic amines) is 1. The number of imidazole rings is 1. The number of rotatable bonds is 6. The average molecular weight is 354 g/mol. The summed E-state index contributed by atoms with van der Waals surface area (Å²) in [7, 11) is 1.79. The van der Waals surface area contributed by atoms with Crippen LogP contribution in [0.25, 0.3) is 0 Å². The lowest BCUT2D eigenvalue weighted by molar-refractivity contribution is -0.132. The highest BCUT2D eigenvalue weighted by molar-refractivity contribution is 6.02. The van der Waals surface area contributed by atoms with Gasteiger partial charge in [-0.2, -0.15) is 0 Å². The van der Waals surface area contributed by atoms with Crippen LogP contribution in [0.5, 0.6) is 0 Å². The highest BCUT2D eigenvalue weighted by Gasteiger charge is 2.15. The predicted molar refractivity (Wildman–Crippen MR) is 101 cm³/mol. The Kier molecular flexibility index (Phi) is 6.04. The van der Waals surface area contributed by atoms with Gasteiger partial charge in [-0.1, -0.05) is 12.1 Å². The predicted octanol–water partition coefficient (Wildman–Crippen LogP) is 3.01. The smallest absolute Gasteiger partial charge is 0.273 e. The molecule has 26 heavy (non-hydrogen) atoms. The molecular formula is C20H26N4O2. The molecule has 3 rings (SSSR count). The summed E-state index contributed by atoms with van der Waals surface area (Å²) in [6, 6.07) is 7.81. The lowest BCUT2D eigenvalue weighted by Crippen LogP contribution is -2.35. The number of benzene rings is 1. The third-order valence-corrected chi connectivity index (χ3v) is 4.83. The van der Waals surface area contributed by atoms with Gasteiger partial charge in [0.25, 0.3) is 5.91 Å². The van der Waals surface area contributed by atoms with Crippen molar-refractivity contribution in [2.24, 2.45) is 7.05 Å². The maximum Gasteiger partial charge on any atom is 0.273 e. The molecular weight excluding hydrogens is 328 g/mol.